The third kappa shape index (κ3) is 3.12. The fraction of sp³-hybridized carbons (Fsp3) is 0.375. The maximum Gasteiger partial charge on any atom is 0.213 e. The molecular weight excluding hydrogens is 190 g/mol. The zero-order valence-corrected chi connectivity index (χ0v) is 8.25. The molecule has 0 radical (unpaired) electrons. The summed E-state index contributed by atoms with van der Waals surface area (Å²) in [6, 6.07) is 3.09. The van der Waals surface area contributed by atoms with E-state index in [2.05, 4.69) is 4.98 Å². The zero-order valence-electron chi connectivity index (χ0n) is 7.43. The molecule has 0 aliphatic rings. The number of nitrogens with zero attached hydrogens (tertiary/aromatic N) is 1. The van der Waals surface area contributed by atoms with Crippen molar-refractivity contribution >= 4 is 11.1 Å². The summed E-state index contributed by atoms with van der Waals surface area (Å²) in [5.74, 6) is 0.462. The van der Waals surface area contributed by atoms with E-state index in [0.717, 1.165) is 0 Å². The van der Waals surface area contributed by atoms with E-state index in [9.17, 15) is 4.21 Å². The van der Waals surface area contributed by atoms with Crippen LogP contribution in [-0.4, -0.2) is 19.8 Å². The summed E-state index contributed by atoms with van der Waals surface area (Å²) < 4.78 is 24.5. The van der Waals surface area contributed by atoms with Gasteiger partial charge in [-0.15, -0.1) is 0 Å². The summed E-state index contributed by atoms with van der Waals surface area (Å²) in [6.45, 7) is 3.78. The van der Waals surface area contributed by atoms with Crippen LogP contribution in [0, 0.1) is 0 Å². The highest BCUT2D eigenvalue weighted by molar-refractivity contribution is 7.79. The van der Waals surface area contributed by atoms with Crippen molar-refractivity contribution in [2.75, 3.05) is 0 Å². The van der Waals surface area contributed by atoms with Crippen LogP contribution in [0.5, 0.6) is 5.88 Å². The largest absolute Gasteiger partial charge is 0.475 e. The number of hydrogen-bond acceptors (Lipinski definition) is 3. The topological polar surface area (TPSA) is 59.4 Å². The van der Waals surface area contributed by atoms with Gasteiger partial charge in [0.25, 0.3) is 0 Å². The molecule has 1 aromatic rings. The first-order chi connectivity index (χ1) is 6.09. The van der Waals surface area contributed by atoms with Gasteiger partial charge in [0.1, 0.15) is 0 Å². The molecule has 0 spiro atoms. The van der Waals surface area contributed by atoms with Gasteiger partial charge in [0.05, 0.1) is 11.0 Å². The molecular formula is C8H11NO3S. The highest BCUT2D eigenvalue weighted by atomic mass is 32.2. The normalized spacial score (nSPS) is 12.9. The Hall–Kier alpha value is -0.940. The fourth-order valence-corrected chi connectivity index (χ4v) is 1.11. The molecule has 0 aliphatic carbocycles. The second-order valence-electron chi connectivity index (χ2n) is 2.75. The van der Waals surface area contributed by atoms with Gasteiger partial charge in [0.2, 0.25) is 5.88 Å². The molecule has 1 rings (SSSR count). The minimum atomic E-state index is -1.97. The molecule has 4 nitrogen and oxygen atoms in total. The van der Waals surface area contributed by atoms with Crippen LogP contribution in [-0.2, 0) is 11.1 Å². The summed E-state index contributed by atoms with van der Waals surface area (Å²) in [4.78, 5) is 4.14. The average molecular weight is 201 g/mol. The maximum atomic E-state index is 10.6. The molecule has 0 aromatic carbocycles. The number of aromatic nitrogens is 1. The Balaban J connectivity index is 2.75. The minimum Gasteiger partial charge on any atom is -0.475 e. The number of ether oxygens (including phenoxy) is 1. The van der Waals surface area contributed by atoms with Gasteiger partial charge < -0.3 is 9.29 Å². The molecule has 0 saturated carbocycles. The lowest BCUT2D eigenvalue weighted by Crippen LogP contribution is -2.06. The van der Waals surface area contributed by atoms with Gasteiger partial charge in [-0.25, -0.2) is 9.19 Å². The Kier molecular flexibility index (Phi) is 3.39. The Morgan fingerprint density at radius 3 is 2.62 bits per heavy atom. The predicted octanol–water partition coefficient (Wildman–Crippen LogP) is 1.45. The molecule has 0 bridgehead atoms. The van der Waals surface area contributed by atoms with E-state index in [1.165, 1.54) is 12.3 Å². The van der Waals surface area contributed by atoms with Crippen LogP contribution >= 0.6 is 0 Å². The summed E-state index contributed by atoms with van der Waals surface area (Å²) in [5, 5.41) is 0. The Morgan fingerprint density at radius 2 is 2.23 bits per heavy atom. The van der Waals surface area contributed by atoms with E-state index in [1.807, 2.05) is 13.8 Å². The van der Waals surface area contributed by atoms with E-state index >= 15 is 0 Å². The molecule has 1 N–H and O–H groups in total. The van der Waals surface area contributed by atoms with Crippen molar-refractivity contribution < 1.29 is 13.5 Å². The van der Waals surface area contributed by atoms with Crippen molar-refractivity contribution in [2.24, 2.45) is 0 Å². The molecule has 1 aromatic heterocycles. The molecule has 1 unspecified atom stereocenters. The molecule has 1 heterocycles. The van der Waals surface area contributed by atoms with Crippen molar-refractivity contribution in [1.29, 1.82) is 0 Å². The Bertz CT molecular complexity index is 297. The highest BCUT2D eigenvalue weighted by Crippen LogP contribution is 2.10. The Labute approximate surface area is 79.2 Å². The molecule has 0 fully saturated rings. The SMILES string of the molecule is CC(C)Oc1ccc(S(=O)O)cn1. The smallest absolute Gasteiger partial charge is 0.213 e. The van der Waals surface area contributed by atoms with Crippen molar-refractivity contribution in [3.05, 3.63) is 18.3 Å². The van der Waals surface area contributed by atoms with Crippen LogP contribution in [0.25, 0.3) is 0 Å². The van der Waals surface area contributed by atoms with Crippen molar-refractivity contribution in [3.63, 3.8) is 0 Å². The van der Waals surface area contributed by atoms with Gasteiger partial charge in [-0.05, 0) is 19.9 Å². The van der Waals surface area contributed by atoms with Gasteiger partial charge in [-0.1, -0.05) is 0 Å². The molecule has 72 valence electrons. The minimum absolute atomic E-state index is 0.0537. The average Bonchev–Trinajstić information content (AvgIpc) is 2.04. The van der Waals surface area contributed by atoms with Gasteiger partial charge in [0, 0.05) is 12.3 Å². The second-order valence-corrected chi connectivity index (χ2v) is 3.72. The van der Waals surface area contributed by atoms with Crippen LogP contribution in [0.3, 0.4) is 0 Å². The van der Waals surface area contributed by atoms with Gasteiger partial charge in [-0.2, -0.15) is 0 Å². The lowest BCUT2D eigenvalue weighted by molar-refractivity contribution is 0.232. The summed E-state index contributed by atoms with van der Waals surface area (Å²) in [6.07, 6.45) is 1.38. The molecule has 5 heteroatoms. The molecule has 13 heavy (non-hydrogen) atoms. The molecule has 1 atom stereocenters. The van der Waals surface area contributed by atoms with E-state index in [1.54, 1.807) is 6.07 Å². The first kappa shape index (κ1) is 10.1. The first-order valence-electron chi connectivity index (χ1n) is 3.83. The second kappa shape index (κ2) is 4.34. The summed E-state index contributed by atoms with van der Waals surface area (Å²) in [7, 11) is 0. The van der Waals surface area contributed by atoms with Crippen molar-refractivity contribution in [2.45, 2.75) is 24.8 Å². The van der Waals surface area contributed by atoms with E-state index in [4.69, 9.17) is 9.29 Å². The van der Waals surface area contributed by atoms with Crippen LogP contribution in [0.4, 0.5) is 0 Å². The molecule has 0 amide bonds. The monoisotopic (exact) mass is 201 g/mol. The van der Waals surface area contributed by atoms with Crippen molar-refractivity contribution in [1.82, 2.24) is 4.98 Å². The van der Waals surface area contributed by atoms with Gasteiger partial charge >= 0.3 is 0 Å². The van der Waals surface area contributed by atoms with Gasteiger partial charge in [-0.3, -0.25) is 0 Å². The third-order valence-corrected chi connectivity index (χ3v) is 1.91. The third-order valence-electron chi connectivity index (χ3n) is 1.27. The van der Waals surface area contributed by atoms with Crippen LogP contribution in [0.2, 0.25) is 0 Å². The number of pyridine rings is 1. The predicted molar refractivity (Wildman–Crippen MR) is 49.0 cm³/mol. The van der Waals surface area contributed by atoms with E-state index in [-0.39, 0.29) is 11.0 Å². The van der Waals surface area contributed by atoms with Gasteiger partial charge in [0.15, 0.2) is 11.1 Å². The summed E-state index contributed by atoms with van der Waals surface area (Å²) >= 11 is -1.97. The molecule has 0 aliphatic heterocycles. The highest BCUT2D eigenvalue weighted by Gasteiger charge is 2.02. The standard InChI is InChI=1S/C8H11NO3S/c1-6(2)12-8-4-3-7(5-9-8)13(10)11/h3-6H,1-2H3,(H,10,11). The van der Waals surface area contributed by atoms with Crippen LogP contribution in [0.1, 0.15) is 13.8 Å². The van der Waals surface area contributed by atoms with Crippen molar-refractivity contribution in [3.8, 4) is 5.88 Å². The fourth-order valence-electron chi connectivity index (χ4n) is 0.781. The quantitative estimate of drug-likeness (QED) is 0.752. The number of hydrogen-bond donors (Lipinski definition) is 1. The zero-order chi connectivity index (χ0) is 9.84. The van der Waals surface area contributed by atoms with E-state index < -0.39 is 11.1 Å². The van der Waals surface area contributed by atoms with Crippen LogP contribution < -0.4 is 4.74 Å². The lowest BCUT2D eigenvalue weighted by atomic mass is 10.4. The summed E-state index contributed by atoms with van der Waals surface area (Å²) in [5.41, 5.74) is 0. The molecule has 0 saturated heterocycles. The Morgan fingerprint density at radius 1 is 1.54 bits per heavy atom. The van der Waals surface area contributed by atoms with E-state index in [0.29, 0.717) is 5.88 Å². The lowest BCUT2D eigenvalue weighted by Gasteiger charge is -2.07. The maximum absolute atomic E-state index is 10.6. The first-order valence-corrected chi connectivity index (χ1v) is 4.94. The number of rotatable bonds is 3. The van der Waals surface area contributed by atoms with Crippen LogP contribution in [0.15, 0.2) is 23.2 Å².